The first-order valence-electron chi connectivity index (χ1n) is 7.84. The molecule has 0 saturated heterocycles. The minimum Gasteiger partial charge on any atom is -0.463 e. The van der Waals surface area contributed by atoms with Gasteiger partial charge < -0.3 is 9.73 Å². The van der Waals surface area contributed by atoms with Crippen molar-refractivity contribution in [2.24, 2.45) is 0 Å². The van der Waals surface area contributed by atoms with Crippen molar-refractivity contribution in [3.05, 3.63) is 70.9 Å². The fourth-order valence-electron chi connectivity index (χ4n) is 2.46. The number of hydrogen-bond acceptors (Lipinski definition) is 5. The number of thiazole rings is 1. The maximum Gasteiger partial charge on any atom is 0.256 e. The van der Waals surface area contributed by atoms with E-state index in [0.29, 0.717) is 28.1 Å². The monoisotopic (exact) mass is 386 g/mol. The summed E-state index contributed by atoms with van der Waals surface area (Å²) >= 11 is 1.32. The fraction of sp³-hybridized carbons (Fsp3) is 0.0556. The molecule has 4 rings (SSSR count). The molecule has 1 amide bonds. The lowest BCUT2D eigenvalue weighted by Crippen LogP contribution is -2.15. The summed E-state index contributed by atoms with van der Waals surface area (Å²) in [6, 6.07) is 8.17. The van der Waals surface area contributed by atoms with Gasteiger partial charge >= 0.3 is 0 Å². The van der Waals surface area contributed by atoms with E-state index in [4.69, 9.17) is 4.42 Å². The van der Waals surface area contributed by atoms with Crippen molar-refractivity contribution in [2.75, 3.05) is 5.32 Å². The number of aryl methyl sites for hydroxylation is 1. The molecule has 0 unspecified atom stereocenters. The highest BCUT2D eigenvalue weighted by molar-refractivity contribution is 7.12. The molecule has 4 aromatic rings. The Morgan fingerprint density at radius 2 is 2.07 bits per heavy atom. The number of benzene rings is 1. The van der Waals surface area contributed by atoms with Gasteiger partial charge in [0.15, 0.2) is 17.4 Å². The molecule has 27 heavy (non-hydrogen) atoms. The smallest absolute Gasteiger partial charge is 0.256 e. The van der Waals surface area contributed by atoms with Crippen LogP contribution in [0.2, 0.25) is 0 Å². The third kappa shape index (κ3) is 3.36. The number of rotatable bonds is 4. The molecule has 9 heteroatoms. The molecule has 6 nitrogen and oxygen atoms in total. The highest BCUT2D eigenvalue weighted by Crippen LogP contribution is 2.26. The quantitative estimate of drug-likeness (QED) is 0.563. The predicted octanol–water partition coefficient (Wildman–Crippen LogP) is 4.43. The Hall–Kier alpha value is -3.33. The average molecular weight is 386 g/mol. The first-order valence-corrected chi connectivity index (χ1v) is 8.72. The van der Waals surface area contributed by atoms with Gasteiger partial charge in [-0.05, 0) is 37.3 Å². The summed E-state index contributed by atoms with van der Waals surface area (Å²) < 4.78 is 33.2. The molecule has 1 N–H and O–H groups in total. The van der Waals surface area contributed by atoms with E-state index in [1.165, 1.54) is 22.1 Å². The number of nitrogens with one attached hydrogen (secondary N) is 1. The molecule has 0 fully saturated rings. The molecule has 0 saturated carbocycles. The van der Waals surface area contributed by atoms with Crippen molar-refractivity contribution in [1.82, 2.24) is 14.8 Å². The van der Waals surface area contributed by atoms with Crippen LogP contribution in [0.25, 0.3) is 16.6 Å². The standard InChI is InChI=1S/C18H12F2N4O2S/c1-10-7-16(22-17(25)11-4-5-12(19)13(20)8-11)24(23-10)18-21-14(9-27-18)15-3-2-6-26-15/h2-9H,1H3,(H,22,25). The van der Waals surface area contributed by atoms with Crippen molar-refractivity contribution >= 4 is 23.1 Å². The number of carbonyl (C=O) groups excluding carboxylic acids is 1. The van der Waals surface area contributed by atoms with Crippen LogP contribution in [-0.2, 0) is 0 Å². The van der Waals surface area contributed by atoms with Gasteiger partial charge in [0.05, 0.1) is 12.0 Å². The van der Waals surface area contributed by atoms with Crippen molar-refractivity contribution in [3.8, 4) is 16.6 Å². The molecule has 3 heterocycles. The molecule has 0 atom stereocenters. The number of amides is 1. The number of furan rings is 1. The minimum absolute atomic E-state index is 0.00489. The molecule has 3 aromatic heterocycles. The van der Waals surface area contributed by atoms with Crippen molar-refractivity contribution in [1.29, 1.82) is 0 Å². The summed E-state index contributed by atoms with van der Waals surface area (Å²) in [5.41, 5.74) is 1.30. The van der Waals surface area contributed by atoms with E-state index < -0.39 is 17.5 Å². The van der Waals surface area contributed by atoms with Crippen LogP contribution in [0.3, 0.4) is 0 Å². The number of halogens is 2. The zero-order valence-electron chi connectivity index (χ0n) is 13.9. The van der Waals surface area contributed by atoms with Crippen molar-refractivity contribution in [2.45, 2.75) is 6.92 Å². The van der Waals surface area contributed by atoms with Gasteiger partial charge in [-0.3, -0.25) is 4.79 Å². The summed E-state index contributed by atoms with van der Waals surface area (Å²) in [7, 11) is 0. The van der Waals surface area contributed by atoms with Crippen molar-refractivity contribution in [3.63, 3.8) is 0 Å². The van der Waals surface area contributed by atoms with Gasteiger partial charge in [0.25, 0.3) is 5.91 Å². The highest BCUT2D eigenvalue weighted by atomic mass is 32.1. The number of anilines is 1. The molecule has 1 aromatic carbocycles. The predicted molar refractivity (Wildman–Crippen MR) is 96.0 cm³/mol. The Morgan fingerprint density at radius 1 is 1.22 bits per heavy atom. The van der Waals surface area contributed by atoms with Crippen LogP contribution in [0, 0.1) is 18.6 Å². The zero-order valence-corrected chi connectivity index (χ0v) is 14.8. The number of aromatic nitrogens is 3. The molecule has 0 aliphatic heterocycles. The van der Waals surface area contributed by atoms with E-state index in [9.17, 15) is 13.6 Å². The molecule has 0 bridgehead atoms. The van der Waals surface area contributed by atoms with Gasteiger partial charge in [-0.1, -0.05) is 0 Å². The number of hydrogen-bond donors (Lipinski definition) is 1. The third-order valence-corrected chi connectivity index (χ3v) is 4.52. The second-order valence-electron chi connectivity index (χ2n) is 5.66. The first-order chi connectivity index (χ1) is 13.0. The van der Waals surface area contributed by atoms with Gasteiger partial charge in [0.1, 0.15) is 11.5 Å². The molecule has 136 valence electrons. The van der Waals surface area contributed by atoms with Crippen LogP contribution in [-0.4, -0.2) is 20.7 Å². The topological polar surface area (TPSA) is 73.0 Å². The van der Waals surface area contributed by atoms with E-state index in [0.717, 1.165) is 12.1 Å². The lowest BCUT2D eigenvalue weighted by Gasteiger charge is -2.07. The van der Waals surface area contributed by atoms with Crippen molar-refractivity contribution < 1.29 is 18.0 Å². The molecule has 0 radical (unpaired) electrons. The van der Waals surface area contributed by atoms with E-state index >= 15 is 0 Å². The Kier molecular flexibility index (Phi) is 4.28. The van der Waals surface area contributed by atoms with Gasteiger partial charge in [-0.15, -0.1) is 11.3 Å². The maximum absolute atomic E-state index is 13.4. The lowest BCUT2D eigenvalue weighted by atomic mass is 10.2. The Morgan fingerprint density at radius 3 is 2.81 bits per heavy atom. The van der Waals surface area contributed by atoms with Crippen LogP contribution in [0.5, 0.6) is 0 Å². The second kappa shape index (κ2) is 6.76. The molecule has 0 aliphatic carbocycles. The molecular formula is C18H12F2N4O2S. The van der Waals surface area contributed by atoms with Crippen LogP contribution in [0.15, 0.2) is 52.5 Å². The van der Waals surface area contributed by atoms with E-state index in [2.05, 4.69) is 15.4 Å². The molecule has 0 aliphatic rings. The summed E-state index contributed by atoms with van der Waals surface area (Å²) in [5.74, 6) is -1.70. The molecule has 0 spiro atoms. The van der Waals surface area contributed by atoms with Gasteiger partial charge in [0.2, 0.25) is 5.13 Å². The van der Waals surface area contributed by atoms with E-state index in [-0.39, 0.29) is 5.56 Å². The van der Waals surface area contributed by atoms with E-state index in [1.54, 1.807) is 31.4 Å². The van der Waals surface area contributed by atoms with Crippen LogP contribution in [0.4, 0.5) is 14.6 Å². The Labute approximate surface area is 156 Å². The Bertz CT molecular complexity index is 1120. The summed E-state index contributed by atoms with van der Waals surface area (Å²) in [6.45, 7) is 1.77. The van der Waals surface area contributed by atoms with Crippen LogP contribution >= 0.6 is 11.3 Å². The summed E-state index contributed by atoms with van der Waals surface area (Å²) in [6.07, 6.45) is 1.56. The minimum atomic E-state index is -1.09. The normalized spacial score (nSPS) is 10.9. The highest BCUT2D eigenvalue weighted by Gasteiger charge is 2.17. The summed E-state index contributed by atoms with van der Waals surface area (Å²) in [4.78, 5) is 16.9. The Balaban J connectivity index is 1.63. The maximum atomic E-state index is 13.4. The largest absolute Gasteiger partial charge is 0.463 e. The number of nitrogens with zero attached hydrogens (tertiary/aromatic N) is 3. The average Bonchev–Trinajstić information content (AvgIpc) is 3.37. The summed E-state index contributed by atoms with van der Waals surface area (Å²) in [5, 5.41) is 9.33. The number of carbonyl (C=O) groups is 1. The van der Waals surface area contributed by atoms with Gasteiger partial charge in [-0.2, -0.15) is 9.78 Å². The lowest BCUT2D eigenvalue weighted by molar-refractivity contribution is 0.102. The van der Waals surface area contributed by atoms with Gasteiger partial charge in [0, 0.05) is 17.0 Å². The molecular weight excluding hydrogens is 374 g/mol. The van der Waals surface area contributed by atoms with Gasteiger partial charge in [-0.25, -0.2) is 13.8 Å². The van der Waals surface area contributed by atoms with Crippen LogP contribution in [0.1, 0.15) is 16.1 Å². The van der Waals surface area contributed by atoms with Crippen LogP contribution < -0.4 is 5.32 Å². The first kappa shape index (κ1) is 17.1. The zero-order chi connectivity index (χ0) is 19.0. The van der Waals surface area contributed by atoms with E-state index in [1.807, 2.05) is 5.38 Å². The second-order valence-corrected chi connectivity index (χ2v) is 6.49. The SMILES string of the molecule is Cc1cc(NC(=O)c2ccc(F)c(F)c2)n(-c2nc(-c3ccco3)cs2)n1. The third-order valence-electron chi connectivity index (χ3n) is 3.70. The fourth-order valence-corrected chi connectivity index (χ4v) is 3.24.